The zero-order valence-corrected chi connectivity index (χ0v) is 16.9. The summed E-state index contributed by atoms with van der Waals surface area (Å²) in [6, 6.07) is 1.62. The highest BCUT2D eigenvalue weighted by atomic mass is 32.2. The molecule has 0 saturated carbocycles. The number of thioether (sulfide) groups is 1. The molecule has 1 aromatic carbocycles. The van der Waals surface area contributed by atoms with E-state index >= 15 is 0 Å². The number of rotatable bonds is 5. The molecule has 1 aliphatic rings. The summed E-state index contributed by atoms with van der Waals surface area (Å²) in [5.41, 5.74) is -3.40. The molecule has 1 aromatic heterocycles. The molecule has 1 amide bonds. The fraction of sp³-hybridized carbons (Fsp3) is 0.421. The van der Waals surface area contributed by atoms with E-state index in [1.54, 1.807) is 0 Å². The summed E-state index contributed by atoms with van der Waals surface area (Å²) in [6.45, 7) is 1.94. The van der Waals surface area contributed by atoms with Gasteiger partial charge in [-0.05, 0) is 24.6 Å². The Hall–Kier alpha value is -2.50. The topological polar surface area (TPSA) is 64.0 Å². The van der Waals surface area contributed by atoms with E-state index in [0.717, 1.165) is 6.42 Å². The molecule has 0 fully saturated rings. The van der Waals surface area contributed by atoms with E-state index in [1.807, 2.05) is 6.92 Å². The van der Waals surface area contributed by atoms with Crippen LogP contribution in [-0.4, -0.2) is 21.2 Å². The maximum absolute atomic E-state index is 13.0. The first-order chi connectivity index (χ1) is 14.4. The van der Waals surface area contributed by atoms with Gasteiger partial charge in [-0.25, -0.2) is 4.98 Å². The largest absolute Gasteiger partial charge is 0.416 e. The number of nitrogens with zero attached hydrogens (tertiary/aromatic N) is 2. The lowest BCUT2D eigenvalue weighted by Gasteiger charge is -2.16. The maximum atomic E-state index is 13.0. The van der Waals surface area contributed by atoms with Crippen LogP contribution in [0.3, 0.4) is 0 Å². The molecule has 0 saturated heterocycles. The van der Waals surface area contributed by atoms with Crippen LogP contribution in [0.2, 0.25) is 0 Å². The van der Waals surface area contributed by atoms with Crippen molar-refractivity contribution in [3.05, 3.63) is 51.4 Å². The van der Waals surface area contributed by atoms with Crippen LogP contribution in [0.15, 0.2) is 34.2 Å². The van der Waals surface area contributed by atoms with Gasteiger partial charge in [0.2, 0.25) is 5.91 Å². The number of amides is 1. The molecule has 0 bridgehead atoms. The lowest BCUT2D eigenvalue weighted by atomic mass is 10.1. The Morgan fingerprint density at radius 1 is 1.13 bits per heavy atom. The third-order valence-electron chi connectivity index (χ3n) is 4.54. The van der Waals surface area contributed by atoms with Gasteiger partial charge in [0, 0.05) is 29.6 Å². The molecule has 1 N–H and O–H groups in total. The van der Waals surface area contributed by atoms with Crippen molar-refractivity contribution >= 4 is 23.4 Å². The van der Waals surface area contributed by atoms with Crippen LogP contribution in [0, 0.1) is 0 Å². The third kappa shape index (κ3) is 5.41. The van der Waals surface area contributed by atoms with Crippen molar-refractivity contribution < 1.29 is 31.1 Å². The highest BCUT2D eigenvalue weighted by Gasteiger charge is 2.37. The predicted molar refractivity (Wildman–Crippen MR) is 102 cm³/mol. The zero-order chi connectivity index (χ0) is 23.0. The number of aryl methyl sites for hydroxylation is 1. The zero-order valence-electron chi connectivity index (χ0n) is 16.1. The summed E-state index contributed by atoms with van der Waals surface area (Å²) in [6.07, 6.45) is -8.92. The lowest BCUT2D eigenvalue weighted by molar-refractivity contribution is -0.143. The molecular weight excluding hydrogens is 448 g/mol. The number of halogens is 6. The number of hydrogen-bond donors (Lipinski definition) is 1. The average Bonchev–Trinajstić information content (AvgIpc) is 3.03. The molecule has 2 heterocycles. The van der Waals surface area contributed by atoms with E-state index in [2.05, 4.69) is 10.3 Å². The molecule has 31 heavy (non-hydrogen) atoms. The standard InChI is InChI=1S/C19H17F6N3O2S/c1-2-3-12-7-16(30)28-14(9-31-17(28)27-12)8-15(29)26-13-5-10(18(20,21)22)4-11(6-13)19(23,24)25/h4-7,14H,2-3,8-9H2,1H3,(H,26,29). The summed E-state index contributed by atoms with van der Waals surface area (Å²) >= 11 is 1.26. The highest BCUT2D eigenvalue weighted by Crippen LogP contribution is 2.38. The predicted octanol–water partition coefficient (Wildman–Crippen LogP) is 4.91. The Balaban J connectivity index is 1.81. The van der Waals surface area contributed by atoms with Crippen molar-refractivity contribution in [3.63, 3.8) is 0 Å². The quantitative estimate of drug-likeness (QED) is 0.504. The van der Waals surface area contributed by atoms with Crippen LogP contribution in [0.4, 0.5) is 32.0 Å². The van der Waals surface area contributed by atoms with Crippen LogP contribution in [-0.2, 0) is 23.6 Å². The molecule has 2 aromatic rings. The summed E-state index contributed by atoms with van der Waals surface area (Å²) in [5.74, 6) is -0.475. The smallest absolute Gasteiger partial charge is 0.326 e. The van der Waals surface area contributed by atoms with Crippen molar-refractivity contribution in [2.45, 2.75) is 49.7 Å². The van der Waals surface area contributed by atoms with Gasteiger partial charge in [-0.1, -0.05) is 25.1 Å². The molecule has 5 nitrogen and oxygen atoms in total. The van der Waals surface area contributed by atoms with Crippen molar-refractivity contribution in [1.82, 2.24) is 9.55 Å². The second-order valence-corrected chi connectivity index (χ2v) is 7.99. The van der Waals surface area contributed by atoms with E-state index in [9.17, 15) is 35.9 Å². The van der Waals surface area contributed by atoms with E-state index in [1.165, 1.54) is 22.4 Å². The van der Waals surface area contributed by atoms with Crippen molar-refractivity contribution in [1.29, 1.82) is 0 Å². The second kappa shape index (κ2) is 8.56. The minimum atomic E-state index is -5.02. The van der Waals surface area contributed by atoms with Gasteiger partial charge in [0.05, 0.1) is 17.2 Å². The molecule has 1 atom stereocenters. The first-order valence-electron chi connectivity index (χ1n) is 9.23. The molecule has 168 valence electrons. The van der Waals surface area contributed by atoms with Gasteiger partial charge in [-0.3, -0.25) is 14.2 Å². The molecule has 3 rings (SSSR count). The van der Waals surface area contributed by atoms with Crippen LogP contribution in [0.1, 0.15) is 42.6 Å². The minimum absolute atomic E-state index is 0.0153. The van der Waals surface area contributed by atoms with E-state index in [0.29, 0.717) is 35.2 Å². The van der Waals surface area contributed by atoms with E-state index in [4.69, 9.17) is 0 Å². The van der Waals surface area contributed by atoms with E-state index < -0.39 is 41.1 Å². The van der Waals surface area contributed by atoms with Gasteiger partial charge in [0.15, 0.2) is 5.16 Å². The fourth-order valence-corrected chi connectivity index (χ4v) is 4.35. The first-order valence-corrected chi connectivity index (χ1v) is 10.2. The van der Waals surface area contributed by atoms with Crippen LogP contribution >= 0.6 is 11.8 Å². The Kier molecular flexibility index (Phi) is 6.40. The van der Waals surface area contributed by atoms with Crippen LogP contribution in [0.25, 0.3) is 0 Å². The monoisotopic (exact) mass is 465 g/mol. The van der Waals surface area contributed by atoms with Gasteiger partial charge in [0.1, 0.15) is 0 Å². The molecule has 12 heteroatoms. The second-order valence-electron chi connectivity index (χ2n) is 7.00. The molecule has 0 radical (unpaired) electrons. The van der Waals surface area contributed by atoms with Crippen LogP contribution < -0.4 is 10.9 Å². The number of anilines is 1. The van der Waals surface area contributed by atoms with Crippen LogP contribution in [0.5, 0.6) is 0 Å². The number of alkyl halides is 6. The fourth-order valence-electron chi connectivity index (χ4n) is 3.19. The van der Waals surface area contributed by atoms with Crippen molar-refractivity contribution in [3.8, 4) is 0 Å². The Bertz CT molecular complexity index is 1020. The molecular formula is C19H17F6N3O2S. The average molecular weight is 465 g/mol. The van der Waals surface area contributed by atoms with Gasteiger partial charge in [0.25, 0.3) is 5.56 Å². The molecule has 1 aliphatic heterocycles. The number of benzene rings is 1. The first kappa shape index (κ1) is 23.2. The summed E-state index contributed by atoms with van der Waals surface area (Å²) < 4.78 is 79.2. The maximum Gasteiger partial charge on any atom is 0.416 e. The van der Waals surface area contributed by atoms with Crippen molar-refractivity contribution in [2.75, 3.05) is 11.1 Å². The lowest BCUT2D eigenvalue weighted by Crippen LogP contribution is -2.28. The number of fused-ring (bicyclic) bond motifs is 1. The van der Waals surface area contributed by atoms with Gasteiger partial charge in [-0.15, -0.1) is 0 Å². The van der Waals surface area contributed by atoms with Gasteiger partial charge < -0.3 is 5.32 Å². The normalized spacial score (nSPS) is 16.3. The molecule has 0 spiro atoms. The number of carbonyl (C=O) groups excluding carboxylic acids is 1. The summed E-state index contributed by atoms with van der Waals surface area (Å²) in [5, 5.41) is 2.53. The number of hydrogen-bond acceptors (Lipinski definition) is 4. The molecule has 0 aliphatic carbocycles. The SMILES string of the molecule is CCCc1cc(=O)n2c(n1)SCC2CC(=O)Nc1cc(C(F)(F)F)cc(C(F)(F)F)c1. The van der Waals surface area contributed by atoms with Gasteiger partial charge in [-0.2, -0.15) is 26.3 Å². The number of carbonyl (C=O) groups is 1. The Labute approximate surface area is 176 Å². The number of nitrogens with one attached hydrogen (secondary N) is 1. The Morgan fingerprint density at radius 2 is 1.74 bits per heavy atom. The summed E-state index contributed by atoms with van der Waals surface area (Å²) in [7, 11) is 0. The van der Waals surface area contributed by atoms with E-state index in [-0.39, 0.29) is 18.0 Å². The van der Waals surface area contributed by atoms with Gasteiger partial charge >= 0.3 is 12.4 Å². The van der Waals surface area contributed by atoms with Crippen molar-refractivity contribution in [2.24, 2.45) is 0 Å². The summed E-state index contributed by atoms with van der Waals surface area (Å²) in [4.78, 5) is 29.1. The number of aromatic nitrogens is 2. The minimum Gasteiger partial charge on any atom is -0.326 e. The Morgan fingerprint density at radius 3 is 2.29 bits per heavy atom. The molecule has 1 unspecified atom stereocenters. The highest BCUT2D eigenvalue weighted by molar-refractivity contribution is 7.99. The third-order valence-corrected chi connectivity index (χ3v) is 5.64.